The third kappa shape index (κ3) is 6.16. The lowest BCUT2D eigenvalue weighted by Crippen LogP contribution is -2.34. The Kier molecular flexibility index (Phi) is 7.81. The van der Waals surface area contributed by atoms with Gasteiger partial charge in [-0.05, 0) is 73.6 Å². The fraction of sp³-hybridized carbons (Fsp3) is 0.250. The van der Waals surface area contributed by atoms with Gasteiger partial charge in [0.1, 0.15) is 23.9 Å². The van der Waals surface area contributed by atoms with Crippen molar-refractivity contribution < 1.29 is 19.1 Å². The minimum Gasteiger partial charge on any atom is -0.494 e. The van der Waals surface area contributed by atoms with E-state index in [1.165, 1.54) is 0 Å². The molecule has 0 fully saturated rings. The summed E-state index contributed by atoms with van der Waals surface area (Å²) in [6.45, 7) is 4.55. The zero-order valence-corrected chi connectivity index (χ0v) is 18.4. The SMILES string of the molecule is CCCCOc1ccc(C(=O)NC(=S)Nc2cc(-c3ccc(CO)o3)ccc2C)cc1. The fourth-order valence-corrected chi connectivity index (χ4v) is 3.10. The molecule has 6 nitrogen and oxygen atoms in total. The van der Waals surface area contributed by atoms with Gasteiger partial charge >= 0.3 is 0 Å². The number of thiocarbonyl (C=S) groups is 1. The number of anilines is 1. The molecule has 2 aromatic carbocycles. The molecule has 7 heteroatoms. The molecule has 0 spiro atoms. The van der Waals surface area contributed by atoms with Crippen LogP contribution in [0.1, 0.15) is 41.4 Å². The Labute approximate surface area is 187 Å². The van der Waals surface area contributed by atoms with Gasteiger partial charge in [0.25, 0.3) is 5.91 Å². The monoisotopic (exact) mass is 438 g/mol. The number of aryl methyl sites for hydroxylation is 1. The number of furan rings is 1. The highest BCUT2D eigenvalue weighted by Crippen LogP contribution is 2.27. The van der Waals surface area contributed by atoms with Crippen LogP contribution in [0, 0.1) is 6.92 Å². The van der Waals surface area contributed by atoms with Crippen LogP contribution in [0.25, 0.3) is 11.3 Å². The van der Waals surface area contributed by atoms with Crippen LogP contribution in [0.4, 0.5) is 5.69 Å². The zero-order chi connectivity index (χ0) is 22.2. The summed E-state index contributed by atoms with van der Waals surface area (Å²) in [6, 6.07) is 16.2. The largest absolute Gasteiger partial charge is 0.494 e. The molecule has 3 rings (SSSR count). The van der Waals surface area contributed by atoms with Crippen LogP contribution in [0.3, 0.4) is 0 Å². The van der Waals surface area contributed by atoms with E-state index in [1.807, 2.05) is 25.1 Å². The van der Waals surface area contributed by atoms with Gasteiger partial charge in [-0.1, -0.05) is 25.5 Å². The van der Waals surface area contributed by atoms with Crippen molar-refractivity contribution in [2.24, 2.45) is 0 Å². The van der Waals surface area contributed by atoms with E-state index in [-0.39, 0.29) is 17.6 Å². The molecule has 1 heterocycles. The van der Waals surface area contributed by atoms with Crippen molar-refractivity contribution >= 4 is 28.9 Å². The third-order valence-corrected chi connectivity index (χ3v) is 4.90. The number of nitrogens with one attached hydrogen (secondary N) is 2. The van der Waals surface area contributed by atoms with Gasteiger partial charge in [-0.3, -0.25) is 10.1 Å². The number of hydrogen-bond acceptors (Lipinski definition) is 5. The summed E-state index contributed by atoms with van der Waals surface area (Å²) in [5, 5.41) is 15.2. The number of benzene rings is 2. The van der Waals surface area contributed by atoms with Crippen molar-refractivity contribution in [3.63, 3.8) is 0 Å². The molecule has 0 saturated carbocycles. The number of ether oxygens (including phenoxy) is 1. The van der Waals surface area contributed by atoms with E-state index in [0.717, 1.165) is 35.4 Å². The van der Waals surface area contributed by atoms with Crippen LogP contribution in [0.5, 0.6) is 5.75 Å². The van der Waals surface area contributed by atoms with Gasteiger partial charge in [-0.25, -0.2) is 0 Å². The molecule has 0 aliphatic rings. The molecule has 0 unspecified atom stereocenters. The first-order valence-corrected chi connectivity index (χ1v) is 10.6. The molecule has 1 aromatic heterocycles. The summed E-state index contributed by atoms with van der Waals surface area (Å²) in [5.74, 6) is 1.57. The molecule has 3 aromatic rings. The molecule has 31 heavy (non-hydrogen) atoms. The molecule has 0 aliphatic carbocycles. The standard InChI is InChI=1S/C24H26N2O4S/c1-3-4-13-29-19-9-7-17(8-10-19)23(28)26-24(31)25-21-14-18(6-5-16(21)2)22-12-11-20(15-27)30-22/h5-12,14,27H,3-4,13,15H2,1-2H3,(H2,25,26,28,31). The van der Waals surface area contributed by atoms with Crippen LogP contribution in [-0.2, 0) is 6.61 Å². The average Bonchev–Trinajstić information content (AvgIpc) is 3.25. The molecule has 3 N–H and O–H groups in total. The summed E-state index contributed by atoms with van der Waals surface area (Å²) in [5.41, 5.74) is 3.04. The van der Waals surface area contributed by atoms with E-state index in [4.69, 9.17) is 21.4 Å². The topological polar surface area (TPSA) is 83.7 Å². The number of aliphatic hydroxyl groups is 1. The predicted octanol–water partition coefficient (Wildman–Crippen LogP) is 5.05. The van der Waals surface area contributed by atoms with Crippen LogP contribution in [-0.4, -0.2) is 22.7 Å². The maximum Gasteiger partial charge on any atom is 0.257 e. The molecule has 0 bridgehead atoms. The Morgan fingerprint density at radius 1 is 1.13 bits per heavy atom. The first kappa shape index (κ1) is 22.5. The Balaban J connectivity index is 1.62. The lowest BCUT2D eigenvalue weighted by atomic mass is 10.1. The van der Waals surface area contributed by atoms with Crippen LogP contribution in [0.2, 0.25) is 0 Å². The van der Waals surface area contributed by atoms with E-state index in [2.05, 4.69) is 17.6 Å². The number of amides is 1. The van der Waals surface area contributed by atoms with Gasteiger partial charge in [0.15, 0.2) is 5.11 Å². The molecule has 0 saturated heterocycles. The van der Waals surface area contributed by atoms with Gasteiger partial charge < -0.3 is 19.6 Å². The number of aliphatic hydroxyl groups excluding tert-OH is 1. The first-order valence-electron chi connectivity index (χ1n) is 10.2. The van der Waals surface area contributed by atoms with Gasteiger partial charge in [-0.2, -0.15) is 0 Å². The lowest BCUT2D eigenvalue weighted by molar-refractivity contribution is 0.0977. The molecule has 0 radical (unpaired) electrons. The van der Waals surface area contributed by atoms with Crippen molar-refractivity contribution in [2.45, 2.75) is 33.3 Å². The molecule has 162 valence electrons. The maximum atomic E-state index is 12.5. The average molecular weight is 439 g/mol. The van der Waals surface area contributed by atoms with Crippen LogP contribution in [0.15, 0.2) is 59.0 Å². The van der Waals surface area contributed by atoms with Crippen molar-refractivity contribution in [1.29, 1.82) is 0 Å². The van der Waals surface area contributed by atoms with E-state index >= 15 is 0 Å². The summed E-state index contributed by atoms with van der Waals surface area (Å²) >= 11 is 5.33. The number of carbonyl (C=O) groups is 1. The lowest BCUT2D eigenvalue weighted by Gasteiger charge is -2.13. The number of unbranched alkanes of at least 4 members (excludes halogenated alkanes) is 1. The van der Waals surface area contributed by atoms with Gasteiger partial charge in [0.2, 0.25) is 0 Å². The maximum absolute atomic E-state index is 12.5. The third-order valence-electron chi connectivity index (χ3n) is 4.70. The van der Waals surface area contributed by atoms with Gasteiger partial charge in [0.05, 0.1) is 6.61 Å². The fourth-order valence-electron chi connectivity index (χ4n) is 2.89. The van der Waals surface area contributed by atoms with Crippen molar-refractivity contribution in [1.82, 2.24) is 5.32 Å². The normalized spacial score (nSPS) is 10.5. The van der Waals surface area contributed by atoms with Crippen LogP contribution < -0.4 is 15.4 Å². The van der Waals surface area contributed by atoms with Crippen molar-refractivity contribution in [3.05, 3.63) is 71.5 Å². The van der Waals surface area contributed by atoms with E-state index in [9.17, 15) is 9.90 Å². The summed E-state index contributed by atoms with van der Waals surface area (Å²) in [4.78, 5) is 12.5. The summed E-state index contributed by atoms with van der Waals surface area (Å²) < 4.78 is 11.2. The molecular weight excluding hydrogens is 412 g/mol. The second kappa shape index (κ2) is 10.7. The van der Waals surface area contributed by atoms with Crippen molar-refractivity contribution in [2.75, 3.05) is 11.9 Å². The predicted molar refractivity (Wildman–Crippen MR) is 125 cm³/mol. The van der Waals surface area contributed by atoms with Gasteiger partial charge in [0, 0.05) is 16.8 Å². The minimum absolute atomic E-state index is 0.154. The van der Waals surface area contributed by atoms with E-state index in [1.54, 1.807) is 36.4 Å². The molecular formula is C24H26N2O4S. The van der Waals surface area contributed by atoms with Crippen LogP contribution >= 0.6 is 12.2 Å². The second-order valence-corrected chi connectivity index (χ2v) is 7.50. The van der Waals surface area contributed by atoms with E-state index < -0.39 is 0 Å². The zero-order valence-electron chi connectivity index (χ0n) is 17.6. The van der Waals surface area contributed by atoms with Crippen molar-refractivity contribution in [3.8, 4) is 17.1 Å². The summed E-state index contributed by atoms with van der Waals surface area (Å²) in [7, 11) is 0. The molecule has 0 aliphatic heterocycles. The molecule has 1 amide bonds. The highest BCUT2D eigenvalue weighted by molar-refractivity contribution is 7.80. The highest BCUT2D eigenvalue weighted by atomic mass is 32.1. The first-order chi connectivity index (χ1) is 15.0. The minimum atomic E-state index is -0.301. The number of carbonyl (C=O) groups excluding carboxylic acids is 1. The summed E-state index contributed by atoms with van der Waals surface area (Å²) in [6.07, 6.45) is 2.06. The Morgan fingerprint density at radius 2 is 1.90 bits per heavy atom. The Bertz CT molecular complexity index is 1040. The number of rotatable bonds is 8. The Hall–Kier alpha value is -3.16. The Morgan fingerprint density at radius 3 is 2.58 bits per heavy atom. The van der Waals surface area contributed by atoms with Gasteiger partial charge in [-0.15, -0.1) is 0 Å². The highest BCUT2D eigenvalue weighted by Gasteiger charge is 2.11. The molecule has 0 atom stereocenters. The van der Waals surface area contributed by atoms with E-state index in [0.29, 0.717) is 23.7 Å². The second-order valence-electron chi connectivity index (χ2n) is 7.09. The number of hydrogen-bond donors (Lipinski definition) is 3. The quantitative estimate of drug-likeness (QED) is 0.337. The smallest absolute Gasteiger partial charge is 0.257 e.